The fraction of sp³-hybridized carbons (Fsp3) is 0.316. The SMILES string of the molecule is C=C/C=C(C)\N=C(/COC)Cn1c(N)nc2cc(C(=O)OCC)ccc21. The van der Waals surface area contributed by atoms with Gasteiger partial charge in [0.1, 0.15) is 0 Å². The van der Waals surface area contributed by atoms with E-state index in [2.05, 4.69) is 16.6 Å². The van der Waals surface area contributed by atoms with Crippen LogP contribution in [0.4, 0.5) is 5.95 Å². The number of esters is 1. The van der Waals surface area contributed by atoms with Crippen molar-refractivity contribution in [3.05, 3.63) is 48.2 Å². The Kier molecular flexibility index (Phi) is 6.68. The molecule has 0 saturated carbocycles. The van der Waals surface area contributed by atoms with Gasteiger partial charge in [0.25, 0.3) is 0 Å². The second kappa shape index (κ2) is 8.96. The topological polar surface area (TPSA) is 91.7 Å². The number of fused-ring (bicyclic) bond motifs is 1. The third-order valence-electron chi connectivity index (χ3n) is 3.63. The number of nitrogens with zero attached hydrogens (tertiary/aromatic N) is 3. The Morgan fingerprint density at radius 2 is 2.23 bits per heavy atom. The summed E-state index contributed by atoms with van der Waals surface area (Å²) < 4.78 is 12.1. The summed E-state index contributed by atoms with van der Waals surface area (Å²) in [4.78, 5) is 20.8. The normalized spacial score (nSPS) is 12.4. The monoisotopic (exact) mass is 356 g/mol. The molecule has 0 aliphatic carbocycles. The Morgan fingerprint density at radius 1 is 1.46 bits per heavy atom. The number of imidazole rings is 1. The number of allylic oxidation sites excluding steroid dienone is 3. The van der Waals surface area contributed by atoms with Crippen LogP contribution in [0.15, 0.2) is 47.6 Å². The first-order chi connectivity index (χ1) is 12.5. The second-order valence-corrected chi connectivity index (χ2v) is 5.63. The number of hydrogen-bond acceptors (Lipinski definition) is 6. The zero-order valence-corrected chi connectivity index (χ0v) is 15.4. The van der Waals surface area contributed by atoms with E-state index < -0.39 is 0 Å². The number of ether oxygens (including phenoxy) is 2. The number of aromatic nitrogens is 2. The molecular formula is C19H24N4O3. The molecule has 7 heteroatoms. The number of anilines is 1. The summed E-state index contributed by atoms with van der Waals surface area (Å²) in [5.74, 6) is -0.0375. The number of hydrogen-bond donors (Lipinski definition) is 1. The molecule has 0 unspecified atom stereocenters. The van der Waals surface area contributed by atoms with Gasteiger partial charge >= 0.3 is 5.97 Å². The highest BCUT2D eigenvalue weighted by molar-refractivity contribution is 5.95. The van der Waals surface area contributed by atoms with Gasteiger partial charge in [0.15, 0.2) is 0 Å². The minimum atomic E-state index is -0.380. The molecule has 7 nitrogen and oxygen atoms in total. The molecule has 0 fully saturated rings. The van der Waals surface area contributed by atoms with E-state index in [-0.39, 0.29) is 5.97 Å². The average molecular weight is 356 g/mol. The van der Waals surface area contributed by atoms with Crippen LogP contribution in [-0.2, 0) is 16.0 Å². The van der Waals surface area contributed by atoms with Crippen LogP contribution in [0.5, 0.6) is 0 Å². The first kappa shape index (κ1) is 19.4. The van der Waals surface area contributed by atoms with Gasteiger partial charge in [-0.3, -0.25) is 4.99 Å². The number of nitrogen functional groups attached to an aromatic ring is 1. The highest BCUT2D eigenvalue weighted by Gasteiger charge is 2.14. The van der Waals surface area contributed by atoms with Gasteiger partial charge in [-0.2, -0.15) is 0 Å². The first-order valence-electron chi connectivity index (χ1n) is 8.27. The van der Waals surface area contributed by atoms with Crippen molar-refractivity contribution in [1.82, 2.24) is 9.55 Å². The number of rotatable bonds is 8. The largest absolute Gasteiger partial charge is 0.462 e. The lowest BCUT2D eigenvalue weighted by atomic mass is 10.2. The van der Waals surface area contributed by atoms with Crippen molar-refractivity contribution in [3.8, 4) is 0 Å². The quantitative estimate of drug-likeness (QED) is 0.446. The van der Waals surface area contributed by atoms with Crippen molar-refractivity contribution in [2.24, 2.45) is 4.99 Å². The van der Waals surface area contributed by atoms with Gasteiger partial charge in [0, 0.05) is 12.8 Å². The molecular weight excluding hydrogens is 332 g/mol. The molecule has 0 bridgehead atoms. The highest BCUT2D eigenvalue weighted by Crippen LogP contribution is 2.20. The molecule has 138 valence electrons. The van der Waals surface area contributed by atoms with E-state index >= 15 is 0 Å². The zero-order valence-electron chi connectivity index (χ0n) is 15.4. The van der Waals surface area contributed by atoms with Gasteiger partial charge in [0.05, 0.1) is 42.1 Å². The molecule has 1 aromatic carbocycles. The van der Waals surface area contributed by atoms with Crippen LogP contribution in [0, 0.1) is 0 Å². The van der Waals surface area contributed by atoms with Crippen LogP contribution in [-0.4, -0.2) is 41.6 Å². The molecule has 0 aliphatic rings. The Hall–Kier alpha value is -2.93. The average Bonchev–Trinajstić information content (AvgIpc) is 2.90. The fourth-order valence-electron chi connectivity index (χ4n) is 2.58. The molecule has 0 spiro atoms. The van der Waals surface area contributed by atoms with Crippen LogP contribution < -0.4 is 5.73 Å². The van der Waals surface area contributed by atoms with Crippen LogP contribution in [0.1, 0.15) is 24.2 Å². The minimum Gasteiger partial charge on any atom is -0.462 e. The molecule has 2 rings (SSSR count). The molecule has 2 aromatic rings. The van der Waals surface area contributed by atoms with Gasteiger partial charge in [0.2, 0.25) is 5.95 Å². The predicted molar refractivity (Wildman–Crippen MR) is 103 cm³/mol. The number of carbonyl (C=O) groups is 1. The van der Waals surface area contributed by atoms with Crippen molar-refractivity contribution in [1.29, 1.82) is 0 Å². The van der Waals surface area contributed by atoms with Crippen molar-refractivity contribution < 1.29 is 14.3 Å². The Balaban J connectivity index is 2.39. The molecule has 2 N–H and O–H groups in total. The van der Waals surface area contributed by atoms with E-state index in [1.54, 1.807) is 32.2 Å². The first-order valence-corrected chi connectivity index (χ1v) is 8.27. The number of methoxy groups -OCH3 is 1. The number of nitrogens with two attached hydrogens (primary N) is 1. The number of benzene rings is 1. The molecule has 26 heavy (non-hydrogen) atoms. The summed E-state index contributed by atoms with van der Waals surface area (Å²) >= 11 is 0. The van der Waals surface area contributed by atoms with Gasteiger partial charge in [-0.25, -0.2) is 9.78 Å². The summed E-state index contributed by atoms with van der Waals surface area (Å²) in [6.07, 6.45) is 3.50. The summed E-state index contributed by atoms with van der Waals surface area (Å²) in [6, 6.07) is 5.19. The summed E-state index contributed by atoms with van der Waals surface area (Å²) in [5.41, 5.74) is 9.58. The lowest BCUT2D eigenvalue weighted by Gasteiger charge is -2.10. The van der Waals surface area contributed by atoms with E-state index in [9.17, 15) is 4.79 Å². The second-order valence-electron chi connectivity index (χ2n) is 5.63. The number of carbonyl (C=O) groups excluding carboxylic acids is 1. The molecule has 0 amide bonds. The van der Waals surface area contributed by atoms with Crippen LogP contribution in [0.3, 0.4) is 0 Å². The van der Waals surface area contributed by atoms with Gasteiger partial charge in [-0.1, -0.05) is 12.7 Å². The van der Waals surface area contributed by atoms with Crippen molar-refractivity contribution >= 4 is 28.7 Å². The highest BCUT2D eigenvalue weighted by atomic mass is 16.5. The predicted octanol–water partition coefficient (Wildman–Crippen LogP) is 2.97. The standard InChI is InChI=1S/C19H24N4O3/c1-5-7-13(3)21-15(12-25-4)11-23-17-9-8-14(18(24)26-6-2)10-16(17)22-19(23)20/h5,7-10H,1,6,11-12H2,2-4H3,(H2,20,22)/b13-7-,21-15-. The van der Waals surface area contributed by atoms with Gasteiger partial charge in [-0.05, 0) is 38.1 Å². The Bertz CT molecular complexity index is 865. The molecule has 0 aliphatic heterocycles. The Labute approximate surface area is 152 Å². The van der Waals surface area contributed by atoms with Crippen LogP contribution in [0.2, 0.25) is 0 Å². The maximum absolute atomic E-state index is 11.9. The third kappa shape index (κ3) is 4.58. The Morgan fingerprint density at radius 3 is 2.88 bits per heavy atom. The molecule has 1 heterocycles. The maximum atomic E-state index is 11.9. The third-order valence-corrected chi connectivity index (χ3v) is 3.63. The molecule has 0 saturated heterocycles. The van der Waals surface area contributed by atoms with E-state index in [0.29, 0.717) is 36.8 Å². The summed E-state index contributed by atoms with van der Waals surface area (Å²) in [5, 5.41) is 0. The van der Waals surface area contributed by atoms with Crippen LogP contribution in [0.25, 0.3) is 11.0 Å². The van der Waals surface area contributed by atoms with Crippen LogP contribution >= 0.6 is 0 Å². The molecule has 0 atom stereocenters. The maximum Gasteiger partial charge on any atom is 0.338 e. The number of aliphatic imine (C=N–C) groups is 1. The van der Waals surface area contributed by atoms with Crippen molar-refractivity contribution in [2.75, 3.05) is 26.1 Å². The lowest BCUT2D eigenvalue weighted by molar-refractivity contribution is 0.0526. The van der Waals surface area contributed by atoms with E-state index in [1.165, 1.54) is 0 Å². The van der Waals surface area contributed by atoms with Crippen molar-refractivity contribution in [3.63, 3.8) is 0 Å². The minimum absolute atomic E-state index is 0.321. The van der Waals surface area contributed by atoms with E-state index in [4.69, 9.17) is 15.2 Å². The summed E-state index contributed by atoms with van der Waals surface area (Å²) in [7, 11) is 1.61. The van der Waals surface area contributed by atoms with Crippen molar-refractivity contribution in [2.45, 2.75) is 20.4 Å². The zero-order chi connectivity index (χ0) is 19.1. The van der Waals surface area contributed by atoms with E-state index in [1.807, 2.05) is 23.6 Å². The fourth-order valence-corrected chi connectivity index (χ4v) is 2.58. The molecule has 1 aromatic heterocycles. The van der Waals surface area contributed by atoms with Gasteiger partial charge < -0.3 is 19.8 Å². The summed E-state index contributed by atoms with van der Waals surface area (Å²) in [6.45, 7) is 8.44. The lowest BCUT2D eigenvalue weighted by Crippen LogP contribution is -2.17. The smallest absolute Gasteiger partial charge is 0.338 e. The van der Waals surface area contributed by atoms with E-state index in [0.717, 1.165) is 16.9 Å². The molecule has 0 radical (unpaired) electrons. The van der Waals surface area contributed by atoms with Gasteiger partial charge in [-0.15, -0.1) is 0 Å².